The van der Waals surface area contributed by atoms with E-state index in [9.17, 15) is 19.5 Å². The maximum absolute atomic E-state index is 13.6. The number of H-pyrrole nitrogens is 1. The number of carboxylic acid groups (broad SMARTS) is 1. The Balaban J connectivity index is 1.36. The summed E-state index contributed by atoms with van der Waals surface area (Å²) in [4.78, 5) is 41.4. The molecule has 4 N–H and O–H groups in total. The molecule has 1 heterocycles. The van der Waals surface area contributed by atoms with E-state index in [1.165, 1.54) is 6.07 Å². The van der Waals surface area contributed by atoms with Gasteiger partial charge in [0.15, 0.2) is 0 Å². The molecule has 0 fully saturated rings. The summed E-state index contributed by atoms with van der Waals surface area (Å²) in [5.41, 5.74) is 4.69. The number of aromatic carboxylic acids is 1. The molecular weight excluding hydrogens is 518 g/mol. The van der Waals surface area contributed by atoms with E-state index in [1.54, 1.807) is 12.1 Å². The smallest absolute Gasteiger partial charge is 0.408 e. The number of amides is 2. The summed E-state index contributed by atoms with van der Waals surface area (Å²) in [6.07, 6.45) is 1.69. The topological polar surface area (TPSA) is 121 Å². The number of hydrogen-bond acceptors (Lipinski definition) is 4. The van der Waals surface area contributed by atoms with E-state index in [0.29, 0.717) is 17.7 Å². The number of carbonyl (C=O) groups is 3. The summed E-state index contributed by atoms with van der Waals surface area (Å²) in [7, 11) is 0. The van der Waals surface area contributed by atoms with E-state index in [-0.39, 0.29) is 18.6 Å². The standard InChI is InChI=1S/C33H29N3O5/c37-31(35-26-15-16-28(32(38)39)24(18-26)17-22-9-3-1-4-10-22)30(19-25-20-34-29-14-8-7-13-27(25)29)36-33(40)41-21-23-11-5-2-6-12-23/h1-16,18,20,30,34H,17,19,21H2,(H,35,37)(H,36,40)(H,38,39)/t30-/m0/s1. The molecule has 0 saturated heterocycles. The van der Waals surface area contributed by atoms with Crippen LogP contribution < -0.4 is 10.6 Å². The molecule has 8 nitrogen and oxygen atoms in total. The number of aromatic nitrogens is 1. The van der Waals surface area contributed by atoms with Gasteiger partial charge in [-0.3, -0.25) is 4.79 Å². The Morgan fingerprint density at radius 2 is 1.49 bits per heavy atom. The fraction of sp³-hybridized carbons (Fsp3) is 0.121. The Morgan fingerprint density at radius 3 is 2.22 bits per heavy atom. The van der Waals surface area contributed by atoms with Gasteiger partial charge in [-0.2, -0.15) is 0 Å². The molecule has 41 heavy (non-hydrogen) atoms. The molecule has 2 amide bonds. The molecule has 0 aliphatic rings. The third-order valence-electron chi connectivity index (χ3n) is 6.76. The van der Waals surface area contributed by atoms with E-state index >= 15 is 0 Å². The maximum Gasteiger partial charge on any atom is 0.408 e. The molecule has 0 bridgehead atoms. The van der Waals surface area contributed by atoms with Crippen LogP contribution in [-0.2, 0) is 29.0 Å². The molecule has 206 valence electrons. The Morgan fingerprint density at radius 1 is 0.805 bits per heavy atom. The second-order valence-corrected chi connectivity index (χ2v) is 9.65. The number of fused-ring (bicyclic) bond motifs is 1. The second kappa shape index (κ2) is 12.7. The minimum absolute atomic E-state index is 0.0631. The minimum atomic E-state index is -1.05. The Kier molecular flexibility index (Phi) is 8.40. The summed E-state index contributed by atoms with van der Waals surface area (Å²) in [5.74, 6) is -1.51. The van der Waals surface area contributed by atoms with Crippen LogP contribution in [0.2, 0.25) is 0 Å². The summed E-state index contributed by atoms with van der Waals surface area (Å²) in [6.45, 7) is 0.0631. The van der Waals surface area contributed by atoms with Crippen molar-refractivity contribution in [3.8, 4) is 0 Å². The van der Waals surface area contributed by atoms with Gasteiger partial charge in [-0.15, -0.1) is 0 Å². The van der Waals surface area contributed by atoms with Crippen molar-refractivity contribution >= 4 is 34.6 Å². The van der Waals surface area contributed by atoms with Gasteiger partial charge in [0.25, 0.3) is 0 Å². The summed E-state index contributed by atoms with van der Waals surface area (Å²) >= 11 is 0. The van der Waals surface area contributed by atoms with E-state index in [1.807, 2.05) is 91.1 Å². The fourth-order valence-corrected chi connectivity index (χ4v) is 4.71. The monoisotopic (exact) mass is 547 g/mol. The van der Waals surface area contributed by atoms with Gasteiger partial charge >= 0.3 is 12.1 Å². The molecular formula is C33H29N3O5. The third-order valence-corrected chi connectivity index (χ3v) is 6.76. The highest BCUT2D eigenvalue weighted by molar-refractivity contribution is 5.98. The van der Waals surface area contributed by atoms with Crippen molar-refractivity contribution in [3.63, 3.8) is 0 Å². The number of rotatable bonds is 10. The fourth-order valence-electron chi connectivity index (χ4n) is 4.71. The van der Waals surface area contributed by atoms with Crippen LogP contribution in [0.3, 0.4) is 0 Å². The molecule has 5 aromatic rings. The van der Waals surface area contributed by atoms with E-state index in [2.05, 4.69) is 15.6 Å². The molecule has 8 heteroatoms. The zero-order valence-electron chi connectivity index (χ0n) is 22.2. The number of hydrogen-bond donors (Lipinski definition) is 4. The molecule has 1 atom stereocenters. The first-order chi connectivity index (χ1) is 20.0. The largest absolute Gasteiger partial charge is 0.478 e. The zero-order valence-corrected chi connectivity index (χ0v) is 22.2. The van der Waals surface area contributed by atoms with Gasteiger partial charge < -0.3 is 25.5 Å². The molecule has 5 rings (SSSR count). The van der Waals surface area contributed by atoms with Crippen LogP contribution in [0.4, 0.5) is 10.5 Å². The molecule has 1 aromatic heterocycles. The Labute approximate surface area is 237 Å². The predicted molar refractivity (Wildman–Crippen MR) is 157 cm³/mol. The lowest BCUT2D eigenvalue weighted by atomic mass is 9.98. The number of carboxylic acids is 1. The average Bonchev–Trinajstić information content (AvgIpc) is 3.39. The normalized spacial score (nSPS) is 11.5. The molecule has 0 radical (unpaired) electrons. The zero-order chi connectivity index (χ0) is 28.6. The number of ether oxygens (including phenoxy) is 1. The van der Waals surface area contributed by atoms with Crippen molar-refractivity contribution in [1.29, 1.82) is 0 Å². The lowest BCUT2D eigenvalue weighted by Gasteiger charge is -2.19. The molecule has 0 aliphatic heterocycles. The minimum Gasteiger partial charge on any atom is -0.478 e. The predicted octanol–water partition coefficient (Wildman–Crippen LogP) is 5.93. The molecule has 0 spiro atoms. The summed E-state index contributed by atoms with van der Waals surface area (Å²) in [5, 5.41) is 16.2. The molecule has 0 saturated carbocycles. The van der Waals surface area contributed by atoms with E-state index < -0.39 is 24.0 Å². The van der Waals surface area contributed by atoms with Crippen LogP contribution >= 0.6 is 0 Å². The SMILES string of the molecule is O=C(N[C@@H](Cc1c[nH]c2ccccc12)C(=O)Nc1ccc(C(=O)O)c(Cc2ccccc2)c1)OCc1ccccc1. The van der Waals surface area contributed by atoms with Gasteiger partial charge in [-0.05, 0) is 52.9 Å². The van der Waals surface area contributed by atoms with Crippen molar-refractivity contribution in [2.24, 2.45) is 0 Å². The third kappa shape index (κ3) is 6.99. The van der Waals surface area contributed by atoms with Crippen LogP contribution in [0.5, 0.6) is 0 Å². The number of para-hydroxylation sites is 1. The molecule has 4 aromatic carbocycles. The van der Waals surface area contributed by atoms with Gasteiger partial charge in [0, 0.05) is 29.2 Å². The summed E-state index contributed by atoms with van der Waals surface area (Å²) in [6, 6.07) is 30.2. The Bertz CT molecular complexity index is 1660. The highest BCUT2D eigenvalue weighted by atomic mass is 16.5. The van der Waals surface area contributed by atoms with Crippen LogP contribution in [0.15, 0.2) is 109 Å². The van der Waals surface area contributed by atoms with Gasteiger partial charge in [0.05, 0.1) is 5.56 Å². The lowest BCUT2D eigenvalue weighted by Crippen LogP contribution is -2.45. The maximum atomic E-state index is 13.6. The van der Waals surface area contributed by atoms with Crippen LogP contribution in [0, 0.1) is 0 Å². The quantitative estimate of drug-likeness (QED) is 0.173. The number of aromatic amines is 1. The van der Waals surface area contributed by atoms with Crippen molar-refractivity contribution in [2.75, 3.05) is 5.32 Å². The van der Waals surface area contributed by atoms with Crippen molar-refractivity contribution in [3.05, 3.63) is 137 Å². The Hall–Kier alpha value is -5.37. The van der Waals surface area contributed by atoms with Gasteiger partial charge in [-0.25, -0.2) is 9.59 Å². The number of alkyl carbamates (subject to hydrolysis) is 1. The number of anilines is 1. The van der Waals surface area contributed by atoms with Crippen LogP contribution in [0.25, 0.3) is 10.9 Å². The van der Waals surface area contributed by atoms with Crippen LogP contribution in [0.1, 0.15) is 32.6 Å². The van der Waals surface area contributed by atoms with Gasteiger partial charge in [0.2, 0.25) is 5.91 Å². The van der Waals surface area contributed by atoms with E-state index in [0.717, 1.165) is 27.6 Å². The highest BCUT2D eigenvalue weighted by Gasteiger charge is 2.24. The van der Waals surface area contributed by atoms with Gasteiger partial charge in [-0.1, -0.05) is 78.9 Å². The number of nitrogens with one attached hydrogen (secondary N) is 3. The average molecular weight is 548 g/mol. The van der Waals surface area contributed by atoms with E-state index in [4.69, 9.17) is 4.74 Å². The highest BCUT2D eigenvalue weighted by Crippen LogP contribution is 2.22. The number of benzene rings is 4. The first-order valence-electron chi connectivity index (χ1n) is 13.2. The van der Waals surface area contributed by atoms with Crippen LogP contribution in [-0.4, -0.2) is 34.1 Å². The molecule has 0 unspecified atom stereocenters. The lowest BCUT2D eigenvalue weighted by molar-refractivity contribution is -0.118. The summed E-state index contributed by atoms with van der Waals surface area (Å²) < 4.78 is 5.39. The first-order valence-corrected chi connectivity index (χ1v) is 13.2. The molecule has 0 aliphatic carbocycles. The first kappa shape index (κ1) is 27.2. The van der Waals surface area contributed by atoms with Crippen molar-refractivity contribution in [2.45, 2.75) is 25.5 Å². The van der Waals surface area contributed by atoms with Gasteiger partial charge in [0.1, 0.15) is 12.6 Å². The van der Waals surface area contributed by atoms with Crippen molar-refractivity contribution < 1.29 is 24.2 Å². The van der Waals surface area contributed by atoms with Crippen molar-refractivity contribution in [1.82, 2.24) is 10.3 Å². The second-order valence-electron chi connectivity index (χ2n) is 9.65. The number of carbonyl (C=O) groups excluding carboxylic acids is 2.